The van der Waals surface area contributed by atoms with E-state index in [1.165, 1.54) is 5.56 Å². The van der Waals surface area contributed by atoms with Gasteiger partial charge in [0.2, 0.25) is 0 Å². The molecule has 1 aromatic carbocycles. The Balaban J connectivity index is -0.000000206. The topological polar surface area (TPSA) is 79.9 Å². The van der Waals surface area contributed by atoms with E-state index in [4.69, 9.17) is 14.0 Å². The minimum atomic E-state index is -0.250. The molecule has 5 heteroatoms. The standard InChI is InChI=1S/C14H22O.3CO.Cr/c1-4-5-11-13(15)14(2,3)12-9-7-6-8-10-12;3*1-2;/h6-10,13,15H,4-5,11H2,1-3H3;;;;/q;;;;+6. The summed E-state index contributed by atoms with van der Waals surface area (Å²) in [5.41, 5.74) is 1.07. The summed E-state index contributed by atoms with van der Waals surface area (Å²) in [6, 6.07) is 10.3. The average molecular weight is 342 g/mol. The Bertz CT molecular complexity index is 382. The van der Waals surface area contributed by atoms with E-state index in [9.17, 15) is 5.11 Å². The molecular weight excluding hydrogens is 320 g/mol. The van der Waals surface area contributed by atoms with Crippen molar-refractivity contribution in [2.24, 2.45) is 0 Å². The first-order valence-corrected chi connectivity index (χ1v) is 6.44. The predicted molar refractivity (Wildman–Crippen MR) is 76.8 cm³/mol. The van der Waals surface area contributed by atoms with Gasteiger partial charge >= 0.3 is 51.3 Å². The fraction of sp³-hybridized carbons (Fsp3) is 0.471. The van der Waals surface area contributed by atoms with Crippen molar-refractivity contribution in [1.29, 1.82) is 0 Å². The Morgan fingerprint density at radius 3 is 1.77 bits per heavy atom. The Morgan fingerprint density at radius 2 is 1.41 bits per heavy atom. The Labute approximate surface area is 144 Å². The van der Waals surface area contributed by atoms with Crippen molar-refractivity contribution < 1.29 is 36.4 Å². The van der Waals surface area contributed by atoms with Gasteiger partial charge in [0.25, 0.3) is 0 Å². The van der Waals surface area contributed by atoms with E-state index < -0.39 is 0 Å². The molecule has 0 saturated heterocycles. The fourth-order valence-electron chi connectivity index (χ4n) is 1.82. The van der Waals surface area contributed by atoms with Crippen LogP contribution in [0.5, 0.6) is 0 Å². The van der Waals surface area contributed by atoms with E-state index in [0.717, 1.165) is 19.3 Å². The van der Waals surface area contributed by atoms with E-state index in [-0.39, 0.29) is 28.9 Å². The molecule has 1 aromatic rings. The second kappa shape index (κ2) is 19.9. The summed E-state index contributed by atoms with van der Waals surface area (Å²) in [7, 11) is 0. The van der Waals surface area contributed by atoms with E-state index in [2.05, 4.69) is 52.9 Å². The van der Waals surface area contributed by atoms with Crippen molar-refractivity contribution in [3.63, 3.8) is 0 Å². The number of hydrogen-bond donors (Lipinski definition) is 1. The van der Waals surface area contributed by atoms with Crippen LogP contribution in [0.2, 0.25) is 0 Å². The van der Waals surface area contributed by atoms with Crippen molar-refractivity contribution in [3.05, 3.63) is 55.8 Å². The maximum Gasteiger partial charge on any atom is 6.00 e. The van der Waals surface area contributed by atoms with Gasteiger partial charge in [0.05, 0.1) is 6.10 Å². The minimum absolute atomic E-state index is 0. The summed E-state index contributed by atoms with van der Waals surface area (Å²) in [5.74, 6) is 0. The summed E-state index contributed by atoms with van der Waals surface area (Å²) in [4.78, 5) is 0. The number of aliphatic hydroxyl groups excluding tert-OH is 1. The van der Waals surface area contributed by atoms with Crippen LogP contribution in [0.15, 0.2) is 30.3 Å². The monoisotopic (exact) mass is 342 g/mol. The molecule has 1 atom stereocenters. The fourth-order valence-corrected chi connectivity index (χ4v) is 1.82. The first kappa shape index (κ1) is 29.0. The quantitative estimate of drug-likeness (QED) is 0.646. The molecule has 0 aliphatic carbocycles. The number of rotatable bonds is 5. The molecule has 0 spiro atoms. The summed E-state index contributed by atoms with van der Waals surface area (Å²) in [6.45, 7) is 19.9. The molecule has 0 heterocycles. The third-order valence-electron chi connectivity index (χ3n) is 3.18. The zero-order valence-corrected chi connectivity index (χ0v) is 14.4. The van der Waals surface area contributed by atoms with Crippen LogP contribution in [0.4, 0.5) is 0 Å². The van der Waals surface area contributed by atoms with Crippen LogP contribution < -0.4 is 0 Å². The van der Waals surface area contributed by atoms with E-state index in [1.807, 2.05) is 18.2 Å². The summed E-state index contributed by atoms with van der Waals surface area (Å²) in [6.07, 6.45) is 2.87. The molecule has 1 rings (SSSR count). The smallest absolute Gasteiger partial charge is 6.00 e. The van der Waals surface area contributed by atoms with Crippen LogP contribution in [0.3, 0.4) is 0 Å². The molecule has 1 unspecified atom stereocenters. The number of hydrogen-bond acceptors (Lipinski definition) is 1. The van der Waals surface area contributed by atoms with Crippen LogP contribution in [0.1, 0.15) is 45.6 Å². The normalized spacial score (nSPS) is 9.73. The minimum Gasteiger partial charge on any atom is 6.00 e. The zero-order chi connectivity index (χ0) is 17.3. The van der Waals surface area contributed by atoms with Gasteiger partial charge in [-0.25, -0.2) is 0 Å². The Morgan fingerprint density at radius 1 is 1.00 bits per heavy atom. The van der Waals surface area contributed by atoms with Crippen molar-refractivity contribution in [2.75, 3.05) is 0 Å². The molecule has 0 amide bonds. The molecule has 0 radical (unpaired) electrons. The molecular formula is C17H22CrO4+6. The van der Waals surface area contributed by atoms with Gasteiger partial charge in [0.1, 0.15) is 0 Å². The third kappa shape index (κ3) is 11.6. The Hall–Kier alpha value is -1.07. The van der Waals surface area contributed by atoms with Gasteiger partial charge in [0, 0.05) is 5.41 Å². The maximum absolute atomic E-state index is 10.2. The SMILES string of the molecule is CCCCC(O)C(C)(C)c1ccccc1.[C-]#[O+].[C-]#[O+].[C-]#[O+].[Cr+6]. The van der Waals surface area contributed by atoms with Gasteiger partial charge in [-0.3, -0.25) is 0 Å². The molecule has 0 aliphatic heterocycles. The molecule has 0 aromatic heterocycles. The Kier molecular flexibility index (Phi) is 26.3. The first-order chi connectivity index (χ1) is 10.1. The third-order valence-corrected chi connectivity index (χ3v) is 3.18. The zero-order valence-electron chi connectivity index (χ0n) is 13.2. The maximum atomic E-state index is 10.2. The van der Waals surface area contributed by atoms with E-state index in [1.54, 1.807) is 0 Å². The molecule has 0 fully saturated rings. The molecule has 0 bridgehead atoms. The number of aliphatic hydroxyl groups is 1. The molecule has 114 valence electrons. The van der Waals surface area contributed by atoms with Gasteiger partial charge in [-0.1, -0.05) is 63.9 Å². The van der Waals surface area contributed by atoms with E-state index in [0.29, 0.717) is 0 Å². The number of benzene rings is 1. The summed E-state index contributed by atoms with van der Waals surface area (Å²) < 4.78 is 22.5. The predicted octanol–water partition coefficient (Wildman–Crippen LogP) is 3.40. The number of unbranched alkanes of at least 4 members (excludes halogenated alkanes) is 1. The van der Waals surface area contributed by atoms with Gasteiger partial charge < -0.3 is 5.11 Å². The summed E-state index contributed by atoms with van der Waals surface area (Å²) in [5, 5.41) is 10.2. The molecule has 0 saturated carbocycles. The van der Waals surface area contributed by atoms with Crippen LogP contribution in [-0.2, 0) is 36.7 Å². The van der Waals surface area contributed by atoms with Gasteiger partial charge in [-0.05, 0) is 12.0 Å². The van der Waals surface area contributed by atoms with Crippen LogP contribution >= 0.6 is 0 Å². The van der Waals surface area contributed by atoms with Crippen molar-refractivity contribution in [2.45, 2.75) is 51.6 Å². The molecule has 1 N–H and O–H groups in total. The second-order valence-electron chi connectivity index (χ2n) is 4.75. The van der Waals surface area contributed by atoms with Gasteiger partial charge in [-0.15, -0.1) is 0 Å². The largest absolute Gasteiger partial charge is 6.00 e. The van der Waals surface area contributed by atoms with Crippen LogP contribution in [-0.4, -0.2) is 11.2 Å². The first-order valence-electron chi connectivity index (χ1n) is 6.44. The van der Waals surface area contributed by atoms with Gasteiger partial charge in [-0.2, -0.15) is 0 Å². The van der Waals surface area contributed by atoms with Crippen molar-refractivity contribution >= 4 is 0 Å². The molecule has 0 aliphatic rings. The molecule has 4 nitrogen and oxygen atoms in total. The van der Waals surface area contributed by atoms with Crippen molar-refractivity contribution in [1.82, 2.24) is 0 Å². The van der Waals surface area contributed by atoms with E-state index >= 15 is 0 Å². The summed E-state index contributed by atoms with van der Waals surface area (Å²) >= 11 is 0. The van der Waals surface area contributed by atoms with Crippen LogP contribution in [0, 0.1) is 20.0 Å². The average Bonchev–Trinajstić information content (AvgIpc) is 2.58. The van der Waals surface area contributed by atoms with Gasteiger partial charge in [0.15, 0.2) is 0 Å². The second-order valence-corrected chi connectivity index (χ2v) is 4.75. The van der Waals surface area contributed by atoms with Crippen LogP contribution in [0.25, 0.3) is 0 Å². The molecule has 22 heavy (non-hydrogen) atoms. The van der Waals surface area contributed by atoms with Crippen molar-refractivity contribution in [3.8, 4) is 0 Å².